The van der Waals surface area contributed by atoms with Crippen LogP contribution in [-0.2, 0) is 48.0 Å². The number of amides is 2. The van der Waals surface area contributed by atoms with Gasteiger partial charge in [-0.05, 0) is 157 Å². The lowest BCUT2D eigenvalue weighted by atomic mass is 9.85. The van der Waals surface area contributed by atoms with Crippen LogP contribution in [-0.4, -0.2) is 74.5 Å². The average molecular weight is 1090 g/mol. The molecule has 7 rings (SSSR count). The number of nitrogen functional groups attached to an aromatic ring is 1. The molecule has 1 aromatic heterocycles. The summed E-state index contributed by atoms with van der Waals surface area (Å²) < 4.78 is 89.5. The van der Waals surface area contributed by atoms with Gasteiger partial charge in [-0.2, -0.15) is 0 Å². The number of aryl methyl sites for hydroxylation is 2. The number of nitrogens with two attached hydrogens (primary N) is 2. The van der Waals surface area contributed by atoms with Crippen molar-refractivity contribution in [2.75, 3.05) is 18.9 Å². The fourth-order valence-corrected chi connectivity index (χ4v) is 11.1. The number of hydrogen-bond acceptors (Lipinski definition) is 12. The number of hydrogen-bond donors (Lipinski definition) is 8. The normalized spacial score (nSPS) is 18.3. The standard InChI is InChI=1S/C24H29FN4O3S.C22H29FN4O3S.C4H9NO.C2H6O.ClH/c1-15(17-4-8-19(25)9-5-17)26-24(30)18-6-10-20(11-7-18)28-33(31,32)21-12-13-23-22(14-21)27-16(2)29(23)3;1-14(15-2-7-18(23)8-3-15)26-22(28)16-4-9-19(10-5-16)27-31(29,30)20-11-6-17(13-24)21(25)12-20;1-3-6-4(2)5;1-2-3;/h4-5,8-9,12-15,18,20,28H,6-7,10-11H2,1-3H3,(H,26,30);2-3,6-8,11-12,14,16,19,27H,4-5,9-10,13,24-25H2,1H3,(H,26,28);5H,3H2,1-2H3;3H,2H2,1H3;1H/t15-,18?,20?;14-,16?,19?;;;/m11.../s1. The number of aromatic nitrogens is 2. The molecular weight excluding hydrogens is 1020 g/mol. The molecule has 0 bridgehead atoms. The molecular formula is C52H74ClF2N9O8S2. The molecule has 0 saturated heterocycles. The number of carbonyl (C=O) groups is 2. The van der Waals surface area contributed by atoms with Crippen molar-refractivity contribution >= 4 is 66.9 Å². The van der Waals surface area contributed by atoms with Crippen LogP contribution >= 0.6 is 12.4 Å². The Balaban J connectivity index is 0.000000332. The second-order valence-corrected chi connectivity index (χ2v) is 21.6. The van der Waals surface area contributed by atoms with E-state index in [1.165, 1.54) is 36.4 Å². The van der Waals surface area contributed by atoms with Crippen molar-refractivity contribution in [1.82, 2.24) is 29.6 Å². The van der Waals surface area contributed by atoms with Gasteiger partial charge < -0.3 is 36.5 Å². The molecule has 0 radical (unpaired) electrons. The molecule has 17 nitrogen and oxygen atoms in total. The molecule has 2 aliphatic rings. The predicted octanol–water partition coefficient (Wildman–Crippen LogP) is 7.76. The Morgan fingerprint density at radius 3 is 1.53 bits per heavy atom. The summed E-state index contributed by atoms with van der Waals surface area (Å²) in [6, 6.07) is 20.7. The number of aliphatic hydroxyl groups is 1. The van der Waals surface area contributed by atoms with E-state index in [0.717, 1.165) is 22.5 Å². The highest BCUT2D eigenvalue weighted by Crippen LogP contribution is 2.29. The number of halogens is 3. The largest absolute Gasteiger partial charge is 0.482 e. The predicted molar refractivity (Wildman–Crippen MR) is 287 cm³/mol. The quantitative estimate of drug-likeness (QED) is 0.0302. The smallest absolute Gasteiger partial charge is 0.240 e. The van der Waals surface area contributed by atoms with E-state index in [1.807, 2.05) is 39.3 Å². The summed E-state index contributed by atoms with van der Waals surface area (Å²) in [5.41, 5.74) is 15.7. The molecule has 2 fully saturated rings. The molecule has 0 aliphatic heterocycles. The number of fused-ring (bicyclic) bond motifs is 1. The molecule has 1 heterocycles. The molecule has 74 heavy (non-hydrogen) atoms. The molecule has 22 heteroatoms. The van der Waals surface area contributed by atoms with Crippen molar-refractivity contribution in [3.8, 4) is 0 Å². The highest BCUT2D eigenvalue weighted by atomic mass is 35.5. The van der Waals surface area contributed by atoms with Crippen LogP contribution in [0.15, 0.2) is 94.7 Å². The van der Waals surface area contributed by atoms with Crippen molar-refractivity contribution < 1.29 is 45.0 Å². The van der Waals surface area contributed by atoms with Gasteiger partial charge in [0.2, 0.25) is 31.9 Å². The molecule has 2 amide bonds. The van der Waals surface area contributed by atoms with Gasteiger partial charge in [0.15, 0.2) is 5.90 Å². The Morgan fingerprint density at radius 1 is 0.757 bits per heavy atom. The van der Waals surface area contributed by atoms with Crippen LogP contribution in [0.25, 0.3) is 11.0 Å². The number of sulfonamides is 2. The van der Waals surface area contributed by atoms with E-state index < -0.39 is 20.0 Å². The zero-order chi connectivity index (χ0) is 54.0. The lowest BCUT2D eigenvalue weighted by Crippen LogP contribution is -2.41. The Morgan fingerprint density at radius 2 is 1.16 bits per heavy atom. The first kappa shape index (κ1) is 62.7. The maximum atomic E-state index is 13.1. The molecule has 0 unspecified atom stereocenters. The molecule has 408 valence electrons. The second-order valence-electron chi connectivity index (χ2n) is 18.1. The van der Waals surface area contributed by atoms with Gasteiger partial charge in [0.1, 0.15) is 17.5 Å². The molecule has 2 saturated carbocycles. The van der Waals surface area contributed by atoms with Crippen LogP contribution in [0.4, 0.5) is 14.5 Å². The number of aliphatic hydroxyl groups excluding tert-OH is 1. The van der Waals surface area contributed by atoms with Gasteiger partial charge in [0.05, 0.1) is 39.5 Å². The van der Waals surface area contributed by atoms with Crippen LogP contribution < -0.4 is 31.5 Å². The number of nitrogens with one attached hydrogen (secondary N) is 5. The van der Waals surface area contributed by atoms with E-state index in [0.29, 0.717) is 74.7 Å². The van der Waals surface area contributed by atoms with E-state index in [-0.39, 0.29) is 101 Å². The second kappa shape index (κ2) is 29.5. The van der Waals surface area contributed by atoms with Gasteiger partial charge in [-0.1, -0.05) is 30.3 Å². The molecule has 2 atom stereocenters. The van der Waals surface area contributed by atoms with Gasteiger partial charge in [-0.3, -0.25) is 15.0 Å². The summed E-state index contributed by atoms with van der Waals surface area (Å²) in [5.74, 6) is 0.0153. The number of ether oxygens (including phenoxy) is 1. The number of carbonyl (C=O) groups excluding carboxylic acids is 2. The van der Waals surface area contributed by atoms with Crippen LogP contribution in [0.1, 0.15) is 121 Å². The van der Waals surface area contributed by atoms with Gasteiger partial charge in [0.25, 0.3) is 0 Å². The van der Waals surface area contributed by atoms with Crippen molar-refractivity contribution in [3.05, 3.63) is 119 Å². The van der Waals surface area contributed by atoms with E-state index in [4.69, 9.17) is 22.0 Å². The van der Waals surface area contributed by atoms with Gasteiger partial charge in [0, 0.05) is 56.7 Å². The van der Waals surface area contributed by atoms with E-state index in [1.54, 1.807) is 62.4 Å². The Kier molecular flexibility index (Phi) is 25.0. The third-order valence-corrected chi connectivity index (χ3v) is 15.7. The number of benzene rings is 4. The maximum Gasteiger partial charge on any atom is 0.240 e. The summed E-state index contributed by atoms with van der Waals surface area (Å²) in [7, 11) is -5.49. The summed E-state index contributed by atoms with van der Waals surface area (Å²) in [6.45, 7) is 11.8. The number of anilines is 1. The zero-order valence-corrected chi connectivity index (χ0v) is 45.6. The van der Waals surface area contributed by atoms with Crippen molar-refractivity contribution in [2.45, 2.75) is 133 Å². The molecule has 4 aromatic carbocycles. The van der Waals surface area contributed by atoms with Crippen molar-refractivity contribution in [3.63, 3.8) is 0 Å². The summed E-state index contributed by atoms with van der Waals surface area (Å²) >= 11 is 0. The van der Waals surface area contributed by atoms with Crippen LogP contribution in [0.2, 0.25) is 0 Å². The SMILES string of the molecule is CCO.CCOC(C)=N.C[C@@H](NC(=O)C1CCC(NS(=O)(=O)c2ccc(CN)c(N)c2)CC1)c1ccc(F)cc1.Cc1nc2cc(S(=O)(=O)NC3CCC(C(=O)N[C@H](C)c4ccc(F)cc4)CC3)ccc2n1C.Cl. The van der Waals surface area contributed by atoms with E-state index in [9.17, 15) is 35.2 Å². The first-order valence-electron chi connectivity index (χ1n) is 24.5. The van der Waals surface area contributed by atoms with E-state index >= 15 is 0 Å². The minimum Gasteiger partial charge on any atom is -0.482 e. The van der Waals surface area contributed by atoms with Gasteiger partial charge >= 0.3 is 0 Å². The summed E-state index contributed by atoms with van der Waals surface area (Å²) in [6.07, 6.45) is 4.70. The number of rotatable bonds is 14. The molecule has 5 aromatic rings. The third kappa shape index (κ3) is 18.7. The fourth-order valence-electron chi connectivity index (χ4n) is 8.46. The van der Waals surface area contributed by atoms with Crippen LogP contribution in [0.5, 0.6) is 0 Å². The van der Waals surface area contributed by atoms with Gasteiger partial charge in [-0.15, -0.1) is 12.4 Å². The number of nitrogens with zero attached hydrogens (tertiary/aromatic N) is 2. The molecule has 10 N–H and O–H groups in total. The van der Waals surface area contributed by atoms with Gasteiger partial charge in [-0.25, -0.2) is 40.0 Å². The Labute approximate surface area is 441 Å². The molecule has 0 spiro atoms. The minimum atomic E-state index is -3.71. The lowest BCUT2D eigenvalue weighted by molar-refractivity contribution is -0.127. The monoisotopic (exact) mass is 1090 g/mol. The average Bonchev–Trinajstić information content (AvgIpc) is 3.64. The zero-order valence-electron chi connectivity index (χ0n) is 43.2. The molecule has 2 aliphatic carbocycles. The topological polar surface area (TPSA) is 274 Å². The minimum absolute atomic E-state index is 0. The lowest BCUT2D eigenvalue weighted by Gasteiger charge is -2.29. The van der Waals surface area contributed by atoms with E-state index in [2.05, 4.69) is 29.8 Å². The van der Waals surface area contributed by atoms with Crippen molar-refractivity contribution in [1.29, 1.82) is 5.41 Å². The highest BCUT2D eigenvalue weighted by molar-refractivity contribution is 7.89. The van der Waals surface area contributed by atoms with Crippen LogP contribution in [0.3, 0.4) is 0 Å². The van der Waals surface area contributed by atoms with Crippen molar-refractivity contribution in [2.24, 2.45) is 24.6 Å². The Bertz CT molecular complexity index is 2820. The third-order valence-electron chi connectivity index (χ3n) is 12.7. The Hall–Kier alpha value is -5.55. The highest BCUT2D eigenvalue weighted by Gasteiger charge is 2.32. The maximum absolute atomic E-state index is 13.1. The summed E-state index contributed by atoms with van der Waals surface area (Å²) in [5, 5.41) is 20.2. The first-order valence-corrected chi connectivity index (χ1v) is 27.4. The first-order chi connectivity index (χ1) is 34.5. The summed E-state index contributed by atoms with van der Waals surface area (Å²) in [4.78, 5) is 30.0. The number of imidazole rings is 1. The fraction of sp³-hybridized carbons (Fsp3) is 0.462. The van der Waals surface area contributed by atoms with Crippen LogP contribution in [0, 0.1) is 35.8 Å².